The second-order valence-electron chi connectivity index (χ2n) is 7.75. The summed E-state index contributed by atoms with van der Waals surface area (Å²) in [7, 11) is -3.96. The molecule has 1 fully saturated rings. The van der Waals surface area contributed by atoms with E-state index in [0.717, 1.165) is 25.7 Å². The van der Waals surface area contributed by atoms with Crippen LogP contribution in [0.2, 0.25) is 0 Å². The third-order valence-corrected chi connectivity index (χ3v) is 6.67. The Morgan fingerprint density at radius 2 is 1.65 bits per heavy atom. The third kappa shape index (κ3) is 7.39. The summed E-state index contributed by atoms with van der Waals surface area (Å²) in [5.74, 6) is -0.379. The van der Waals surface area contributed by atoms with E-state index < -0.39 is 29.1 Å². The highest BCUT2D eigenvalue weighted by Gasteiger charge is 2.21. The lowest BCUT2D eigenvalue weighted by atomic mass is 9.97. The number of fused-ring (bicyclic) bond motifs is 1. The topological polar surface area (TPSA) is 120 Å². The molecule has 0 aromatic heterocycles. The molecule has 0 radical (unpaired) electrons. The molecule has 1 saturated carbocycles. The number of esters is 1. The first-order chi connectivity index (χ1) is 14.9. The summed E-state index contributed by atoms with van der Waals surface area (Å²) in [6.07, 6.45) is 8.29. The smallest absolute Gasteiger partial charge is 0.321 e. The summed E-state index contributed by atoms with van der Waals surface area (Å²) in [5.41, 5.74) is 0. The van der Waals surface area contributed by atoms with E-state index in [-0.39, 0.29) is 16.8 Å². The van der Waals surface area contributed by atoms with Crippen LogP contribution in [0.4, 0.5) is 0 Å². The van der Waals surface area contributed by atoms with Crippen LogP contribution < -0.4 is 19.5 Å². The fourth-order valence-electron chi connectivity index (χ4n) is 3.61. The van der Waals surface area contributed by atoms with Crippen molar-refractivity contribution in [1.29, 1.82) is 0 Å². The van der Waals surface area contributed by atoms with Gasteiger partial charge in [-0.1, -0.05) is 32.1 Å². The van der Waals surface area contributed by atoms with E-state index in [1.807, 2.05) is 0 Å². The maximum Gasteiger partial charge on any atom is 0.321 e. The minimum absolute atomic E-state index is 0.0495. The van der Waals surface area contributed by atoms with Gasteiger partial charge in [-0.05, 0) is 25.0 Å². The van der Waals surface area contributed by atoms with Crippen LogP contribution in [-0.4, -0.2) is 52.7 Å². The highest BCUT2D eigenvalue weighted by molar-refractivity contribution is 7.89. The molecule has 1 aliphatic carbocycles. The molecule has 0 bridgehead atoms. The Morgan fingerprint density at radius 3 is 2.39 bits per heavy atom. The Kier molecular flexibility index (Phi) is 8.53. The molecule has 1 aliphatic heterocycles. The first-order valence-corrected chi connectivity index (χ1v) is 12.3. The number of nitrogens with one attached hydrogen (secondary N) is 2. The SMILES string of the molecule is O=C(COC(=O)CNS(=O)(=O)c1ccc2c(c1)OCCCO2)NC1CCCCCCC1. The Balaban J connectivity index is 1.44. The minimum atomic E-state index is -3.96. The van der Waals surface area contributed by atoms with Crippen LogP contribution in [0, 0.1) is 0 Å². The number of hydrogen-bond donors (Lipinski definition) is 2. The van der Waals surface area contributed by atoms with Gasteiger partial charge in [-0.3, -0.25) is 9.59 Å². The van der Waals surface area contributed by atoms with E-state index in [1.54, 1.807) is 0 Å². The minimum Gasteiger partial charge on any atom is -0.490 e. The van der Waals surface area contributed by atoms with Crippen LogP contribution in [0.15, 0.2) is 23.1 Å². The number of ether oxygens (including phenoxy) is 3. The van der Waals surface area contributed by atoms with Crippen LogP contribution in [0.3, 0.4) is 0 Å². The van der Waals surface area contributed by atoms with E-state index in [4.69, 9.17) is 14.2 Å². The normalized spacial score (nSPS) is 17.7. The van der Waals surface area contributed by atoms with E-state index in [9.17, 15) is 18.0 Å². The molecular formula is C21H30N2O7S. The molecule has 0 saturated heterocycles. The van der Waals surface area contributed by atoms with Crippen LogP contribution in [-0.2, 0) is 24.3 Å². The van der Waals surface area contributed by atoms with Crippen molar-refractivity contribution in [1.82, 2.24) is 10.0 Å². The highest BCUT2D eigenvalue weighted by atomic mass is 32.2. The zero-order valence-electron chi connectivity index (χ0n) is 17.6. The fourth-order valence-corrected chi connectivity index (χ4v) is 4.60. The molecule has 2 N–H and O–H groups in total. The molecule has 0 atom stereocenters. The van der Waals surface area contributed by atoms with Crippen molar-refractivity contribution >= 4 is 21.9 Å². The van der Waals surface area contributed by atoms with Crippen molar-refractivity contribution in [2.45, 2.75) is 62.3 Å². The summed E-state index contributed by atoms with van der Waals surface area (Å²) in [4.78, 5) is 23.9. The number of amides is 1. The number of carbonyl (C=O) groups excluding carboxylic acids is 2. The molecule has 31 heavy (non-hydrogen) atoms. The maximum atomic E-state index is 12.5. The maximum absolute atomic E-state index is 12.5. The summed E-state index contributed by atoms with van der Waals surface area (Å²) in [6.45, 7) is -0.0781. The zero-order valence-corrected chi connectivity index (χ0v) is 18.4. The molecular weight excluding hydrogens is 424 g/mol. The summed E-state index contributed by atoms with van der Waals surface area (Å²) in [5, 5.41) is 2.89. The van der Waals surface area contributed by atoms with E-state index >= 15 is 0 Å². The van der Waals surface area contributed by atoms with Crippen molar-refractivity contribution < 1.29 is 32.2 Å². The molecule has 0 spiro atoms. The molecule has 0 unspecified atom stereocenters. The Bertz CT molecular complexity index is 864. The van der Waals surface area contributed by atoms with Crippen LogP contribution in [0.5, 0.6) is 11.5 Å². The average molecular weight is 455 g/mol. The van der Waals surface area contributed by atoms with Gasteiger partial charge in [0, 0.05) is 18.5 Å². The summed E-state index contributed by atoms with van der Waals surface area (Å²) >= 11 is 0. The predicted octanol–water partition coefficient (Wildman–Crippen LogP) is 1.90. The summed E-state index contributed by atoms with van der Waals surface area (Å²) < 4.78 is 43.0. The monoisotopic (exact) mass is 454 g/mol. The van der Waals surface area contributed by atoms with Crippen LogP contribution >= 0.6 is 0 Å². The Labute approximate surface area is 182 Å². The molecule has 1 heterocycles. The van der Waals surface area contributed by atoms with Gasteiger partial charge in [0.1, 0.15) is 6.54 Å². The lowest BCUT2D eigenvalue weighted by Crippen LogP contribution is -2.39. The van der Waals surface area contributed by atoms with Crippen molar-refractivity contribution in [2.24, 2.45) is 0 Å². The van der Waals surface area contributed by atoms with Crippen molar-refractivity contribution in [3.8, 4) is 11.5 Å². The second kappa shape index (κ2) is 11.3. The number of carbonyl (C=O) groups is 2. The molecule has 172 valence electrons. The lowest BCUT2D eigenvalue weighted by Gasteiger charge is -2.20. The Morgan fingerprint density at radius 1 is 0.968 bits per heavy atom. The number of benzene rings is 1. The van der Waals surface area contributed by atoms with E-state index in [2.05, 4.69) is 10.0 Å². The van der Waals surface area contributed by atoms with Gasteiger partial charge in [0.15, 0.2) is 18.1 Å². The third-order valence-electron chi connectivity index (χ3n) is 5.27. The average Bonchev–Trinajstić information content (AvgIpc) is 2.97. The van der Waals surface area contributed by atoms with Gasteiger partial charge in [-0.25, -0.2) is 8.42 Å². The summed E-state index contributed by atoms with van der Waals surface area (Å²) in [6, 6.07) is 4.36. The molecule has 1 aromatic carbocycles. The predicted molar refractivity (Wildman–Crippen MR) is 112 cm³/mol. The first-order valence-electron chi connectivity index (χ1n) is 10.8. The van der Waals surface area contributed by atoms with Gasteiger partial charge in [0.2, 0.25) is 10.0 Å². The molecule has 10 heteroatoms. The number of rotatable bonds is 7. The molecule has 2 aliphatic rings. The van der Waals surface area contributed by atoms with Crippen LogP contribution in [0.1, 0.15) is 51.4 Å². The fraction of sp³-hybridized carbons (Fsp3) is 0.619. The van der Waals surface area contributed by atoms with Crippen molar-refractivity contribution in [3.05, 3.63) is 18.2 Å². The molecule has 9 nitrogen and oxygen atoms in total. The molecule has 3 rings (SSSR count). The zero-order chi connectivity index (χ0) is 22.1. The standard InChI is InChI=1S/C21H30N2O7S/c24-20(23-16-7-4-2-1-3-5-8-16)15-30-21(25)14-22-31(26,27)17-9-10-18-19(13-17)29-12-6-11-28-18/h9-10,13,16,22H,1-8,11-12,14-15H2,(H,23,24). The first kappa shape index (κ1) is 23.3. The van der Waals surface area contributed by atoms with Gasteiger partial charge in [-0.15, -0.1) is 0 Å². The second-order valence-corrected chi connectivity index (χ2v) is 9.52. The number of hydrogen-bond acceptors (Lipinski definition) is 7. The Hall–Kier alpha value is -2.33. The molecule has 1 aromatic rings. The van der Waals surface area contributed by atoms with Crippen LogP contribution in [0.25, 0.3) is 0 Å². The largest absolute Gasteiger partial charge is 0.490 e. The van der Waals surface area contributed by atoms with Gasteiger partial charge in [0.05, 0.1) is 18.1 Å². The quantitative estimate of drug-likeness (QED) is 0.604. The lowest BCUT2D eigenvalue weighted by molar-refractivity contribution is -0.147. The van der Waals surface area contributed by atoms with Crippen molar-refractivity contribution in [2.75, 3.05) is 26.4 Å². The number of sulfonamides is 1. The van der Waals surface area contributed by atoms with Crippen molar-refractivity contribution in [3.63, 3.8) is 0 Å². The van der Waals surface area contributed by atoms with Gasteiger partial charge >= 0.3 is 5.97 Å². The molecule has 1 amide bonds. The van der Waals surface area contributed by atoms with E-state index in [1.165, 1.54) is 37.5 Å². The van der Waals surface area contributed by atoms with E-state index in [0.29, 0.717) is 31.1 Å². The van der Waals surface area contributed by atoms with Gasteiger partial charge in [-0.2, -0.15) is 4.72 Å². The highest BCUT2D eigenvalue weighted by Crippen LogP contribution is 2.31. The van der Waals surface area contributed by atoms with Gasteiger partial charge < -0.3 is 19.5 Å². The van der Waals surface area contributed by atoms with Gasteiger partial charge in [0.25, 0.3) is 5.91 Å².